The zero-order valence-electron chi connectivity index (χ0n) is 34.9. The van der Waals surface area contributed by atoms with Crippen molar-refractivity contribution < 1.29 is 19.4 Å². The number of carbonyl (C=O) groups is 1. The van der Waals surface area contributed by atoms with Gasteiger partial charge in [-0.15, -0.1) is 0 Å². The quantitative estimate of drug-likeness (QED) is 0.0387. The average molecular weight is 721 g/mol. The predicted molar refractivity (Wildman–Crippen MR) is 224 cm³/mol. The van der Waals surface area contributed by atoms with E-state index in [1.165, 1.54) is 218 Å². The maximum Gasteiger partial charge on any atom is 0.306 e. The highest BCUT2D eigenvalue weighted by Crippen LogP contribution is 2.16. The van der Waals surface area contributed by atoms with E-state index in [9.17, 15) is 9.90 Å². The van der Waals surface area contributed by atoms with Crippen LogP contribution in [0.5, 0.6) is 0 Å². The Labute approximate surface area is 320 Å². The molecule has 0 aromatic rings. The molecule has 0 heterocycles. The molecule has 4 nitrogen and oxygen atoms in total. The van der Waals surface area contributed by atoms with Gasteiger partial charge < -0.3 is 14.6 Å². The molecule has 4 heteroatoms. The second-order valence-corrected chi connectivity index (χ2v) is 15.8. The Morgan fingerprint density at radius 3 is 1.12 bits per heavy atom. The van der Waals surface area contributed by atoms with Crippen LogP contribution in [-0.2, 0) is 14.3 Å². The number of hydrogen-bond acceptors (Lipinski definition) is 4. The Hall–Kier alpha value is -0.870. The highest BCUT2D eigenvalue weighted by atomic mass is 16.6. The van der Waals surface area contributed by atoms with Crippen LogP contribution in [0.15, 0.2) is 12.2 Å². The maximum absolute atomic E-state index is 12.2. The number of unbranched alkanes of at least 4 members (excludes halogenated alkanes) is 34. The Kier molecular flexibility index (Phi) is 44.5. The van der Waals surface area contributed by atoms with Crippen LogP contribution in [0.1, 0.15) is 258 Å². The van der Waals surface area contributed by atoms with Gasteiger partial charge >= 0.3 is 5.97 Å². The van der Waals surface area contributed by atoms with E-state index in [4.69, 9.17) is 9.47 Å². The van der Waals surface area contributed by atoms with Gasteiger partial charge in [0.05, 0.1) is 13.2 Å². The minimum atomic E-state index is -0.529. The van der Waals surface area contributed by atoms with Crippen molar-refractivity contribution in [1.29, 1.82) is 0 Å². The van der Waals surface area contributed by atoms with Crippen LogP contribution in [0.3, 0.4) is 0 Å². The fraction of sp³-hybridized carbons (Fsp3) is 0.936. The average Bonchev–Trinajstić information content (AvgIpc) is 3.14. The number of esters is 1. The highest BCUT2D eigenvalue weighted by Gasteiger charge is 2.13. The topological polar surface area (TPSA) is 55.8 Å². The second-order valence-electron chi connectivity index (χ2n) is 15.8. The first-order valence-corrected chi connectivity index (χ1v) is 23.3. The predicted octanol–water partition coefficient (Wildman–Crippen LogP) is 15.3. The van der Waals surface area contributed by atoms with E-state index in [2.05, 4.69) is 26.0 Å². The number of ether oxygens (including phenoxy) is 2. The minimum absolute atomic E-state index is 0.166. The van der Waals surface area contributed by atoms with E-state index in [0.717, 1.165) is 19.3 Å². The number of allylic oxidation sites excluding steroid dienone is 2. The first kappa shape index (κ1) is 50.1. The van der Waals surface area contributed by atoms with Crippen molar-refractivity contribution >= 4 is 5.97 Å². The molecule has 0 rings (SSSR count). The van der Waals surface area contributed by atoms with Crippen molar-refractivity contribution in [2.45, 2.75) is 264 Å². The molecule has 0 aliphatic rings. The number of aliphatic hydroxyl groups is 1. The van der Waals surface area contributed by atoms with Crippen LogP contribution < -0.4 is 0 Å². The molecule has 51 heavy (non-hydrogen) atoms. The van der Waals surface area contributed by atoms with E-state index in [1.807, 2.05) is 0 Å². The lowest BCUT2D eigenvalue weighted by Gasteiger charge is -2.16. The molecule has 0 saturated heterocycles. The minimum Gasteiger partial charge on any atom is -0.457 e. The lowest BCUT2D eigenvalue weighted by atomic mass is 10.0. The molecule has 0 radical (unpaired) electrons. The van der Waals surface area contributed by atoms with Crippen molar-refractivity contribution in [3.63, 3.8) is 0 Å². The van der Waals surface area contributed by atoms with E-state index in [1.54, 1.807) is 0 Å². The third-order valence-corrected chi connectivity index (χ3v) is 10.6. The molecule has 1 atom stereocenters. The number of hydrogen-bond donors (Lipinski definition) is 1. The number of rotatable bonds is 44. The SMILES string of the molecule is CCCCCCCCCC/C=C\CCCCCCCCCCCCOCC(CO)OC(=O)CCCCCCCCCCCCCCCCCCC. The summed E-state index contributed by atoms with van der Waals surface area (Å²) in [5.74, 6) is -0.195. The largest absolute Gasteiger partial charge is 0.457 e. The van der Waals surface area contributed by atoms with Crippen molar-refractivity contribution in [3.05, 3.63) is 12.2 Å². The smallest absolute Gasteiger partial charge is 0.306 e. The molecule has 0 spiro atoms. The van der Waals surface area contributed by atoms with Gasteiger partial charge in [-0.3, -0.25) is 4.79 Å². The molecular formula is C47H92O4. The Morgan fingerprint density at radius 2 is 0.765 bits per heavy atom. The summed E-state index contributed by atoms with van der Waals surface area (Å²) in [5, 5.41) is 9.62. The lowest BCUT2D eigenvalue weighted by Crippen LogP contribution is -2.27. The van der Waals surface area contributed by atoms with E-state index in [0.29, 0.717) is 19.6 Å². The molecule has 0 aliphatic heterocycles. The molecule has 0 bridgehead atoms. The van der Waals surface area contributed by atoms with Crippen LogP contribution in [-0.4, -0.2) is 37.0 Å². The van der Waals surface area contributed by atoms with Crippen LogP contribution in [0.4, 0.5) is 0 Å². The fourth-order valence-electron chi connectivity index (χ4n) is 7.09. The summed E-state index contributed by atoms with van der Waals surface area (Å²) in [7, 11) is 0. The van der Waals surface area contributed by atoms with Crippen LogP contribution in [0, 0.1) is 0 Å². The summed E-state index contributed by atoms with van der Waals surface area (Å²) in [4.78, 5) is 12.2. The zero-order chi connectivity index (χ0) is 37.0. The first-order valence-electron chi connectivity index (χ1n) is 23.3. The van der Waals surface area contributed by atoms with Crippen molar-refractivity contribution in [1.82, 2.24) is 0 Å². The van der Waals surface area contributed by atoms with Crippen molar-refractivity contribution in [2.24, 2.45) is 0 Å². The van der Waals surface area contributed by atoms with E-state index in [-0.39, 0.29) is 12.6 Å². The second kappa shape index (κ2) is 45.3. The monoisotopic (exact) mass is 721 g/mol. The van der Waals surface area contributed by atoms with Gasteiger partial charge in [0.1, 0.15) is 6.10 Å². The lowest BCUT2D eigenvalue weighted by molar-refractivity contribution is -0.154. The normalized spacial score (nSPS) is 12.3. The molecule has 0 aromatic carbocycles. The Bertz CT molecular complexity index is 677. The van der Waals surface area contributed by atoms with Gasteiger partial charge in [0.2, 0.25) is 0 Å². The molecular weight excluding hydrogens is 629 g/mol. The van der Waals surface area contributed by atoms with Gasteiger partial charge in [-0.1, -0.05) is 225 Å². The fourth-order valence-corrected chi connectivity index (χ4v) is 7.09. The van der Waals surface area contributed by atoms with Gasteiger partial charge in [0.15, 0.2) is 0 Å². The van der Waals surface area contributed by atoms with Crippen molar-refractivity contribution in [2.75, 3.05) is 19.8 Å². The molecule has 0 fully saturated rings. The standard InChI is InChI=1S/C47H92O4/c1-3-5-7-9-11-13-15-17-19-21-22-23-24-25-27-29-31-33-35-37-39-41-43-50-45-46(44-48)51-47(49)42-40-38-36-34-32-30-28-26-20-18-16-14-12-10-8-6-4-2/h21-22,46,48H,3-20,23-45H2,1-2H3/b22-21-. The highest BCUT2D eigenvalue weighted by molar-refractivity contribution is 5.69. The van der Waals surface area contributed by atoms with Gasteiger partial charge in [0.25, 0.3) is 0 Å². The van der Waals surface area contributed by atoms with Gasteiger partial charge in [0, 0.05) is 13.0 Å². The van der Waals surface area contributed by atoms with Gasteiger partial charge in [-0.2, -0.15) is 0 Å². The third-order valence-electron chi connectivity index (χ3n) is 10.6. The summed E-state index contributed by atoms with van der Waals surface area (Å²) in [6, 6.07) is 0. The number of aliphatic hydroxyl groups excluding tert-OH is 1. The van der Waals surface area contributed by atoms with Crippen molar-refractivity contribution in [3.8, 4) is 0 Å². The molecule has 304 valence electrons. The molecule has 1 unspecified atom stereocenters. The summed E-state index contributed by atoms with van der Waals surface area (Å²) < 4.78 is 11.2. The summed E-state index contributed by atoms with van der Waals surface area (Å²) in [6.45, 7) is 5.39. The Balaban J connectivity index is 3.36. The first-order chi connectivity index (χ1) is 25.2. The molecule has 1 N–H and O–H groups in total. The van der Waals surface area contributed by atoms with Gasteiger partial charge in [-0.05, 0) is 38.5 Å². The van der Waals surface area contributed by atoms with Crippen LogP contribution in [0.25, 0.3) is 0 Å². The molecule has 0 amide bonds. The molecule has 0 aromatic heterocycles. The molecule has 0 saturated carbocycles. The van der Waals surface area contributed by atoms with E-state index >= 15 is 0 Å². The molecule has 0 aliphatic carbocycles. The van der Waals surface area contributed by atoms with Crippen LogP contribution in [0.2, 0.25) is 0 Å². The summed E-state index contributed by atoms with van der Waals surface area (Å²) in [5.41, 5.74) is 0. The van der Waals surface area contributed by atoms with Crippen LogP contribution >= 0.6 is 0 Å². The zero-order valence-corrected chi connectivity index (χ0v) is 34.9. The number of carbonyl (C=O) groups excluding carboxylic acids is 1. The third kappa shape index (κ3) is 43.4. The summed E-state index contributed by atoms with van der Waals surface area (Å²) >= 11 is 0. The maximum atomic E-state index is 12.2. The Morgan fingerprint density at radius 1 is 0.451 bits per heavy atom. The van der Waals surface area contributed by atoms with E-state index < -0.39 is 6.10 Å². The van der Waals surface area contributed by atoms with Gasteiger partial charge in [-0.25, -0.2) is 0 Å². The summed E-state index contributed by atoms with van der Waals surface area (Å²) in [6.07, 6.45) is 54.3.